The second-order valence-corrected chi connectivity index (χ2v) is 13.0. The molecule has 0 aliphatic heterocycles. The molecule has 0 aromatic heterocycles. The fourth-order valence-electron chi connectivity index (χ4n) is 5.80. The Morgan fingerprint density at radius 3 is 1.12 bits per heavy atom. The van der Waals surface area contributed by atoms with E-state index in [0.29, 0.717) is 19.6 Å². The van der Waals surface area contributed by atoms with Gasteiger partial charge in [-0.15, -0.1) is 0 Å². The number of rotatable bonds is 36. The van der Waals surface area contributed by atoms with Gasteiger partial charge in [0.15, 0.2) is 0 Å². The zero-order chi connectivity index (χ0) is 30.6. The molecule has 0 amide bonds. The summed E-state index contributed by atoms with van der Waals surface area (Å²) in [6.45, 7) is 5.30. The second kappa shape index (κ2) is 36.6. The van der Waals surface area contributed by atoms with E-state index in [4.69, 9.17) is 9.47 Å². The monoisotopic (exact) mass is 597 g/mol. The van der Waals surface area contributed by atoms with E-state index in [2.05, 4.69) is 13.8 Å². The first-order valence-corrected chi connectivity index (χ1v) is 19.1. The van der Waals surface area contributed by atoms with Gasteiger partial charge in [-0.2, -0.15) is 0 Å². The molecule has 42 heavy (non-hydrogen) atoms. The summed E-state index contributed by atoms with van der Waals surface area (Å²) >= 11 is 0. The smallest absolute Gasteiger partial charge is 0.306 e. The SMILES string of the molecule is CCCCCCCCCCCCCCCCCCCCCCCCCCCOCC(CO)OC(=O)CCCCCCC. The normalized spacial score (nSPS) is 12.2. The van der Waals surface area contributed by atoms with Crippen molar-refractivity contribution in [3.05, 3.63) is 0 Å². The largest absolute Gasteiger partial charge is 0.457 e. The lowest BCUT2D eigenvalue weighted by molar-refractivity contribution is -0.154. The van der Waals surface area contributed by atoms with Crippen LogP contribution in [0.2, 0.25) is 0 Å². The van der Waals surface area contributed by atoms with Crippen molar-refractivity contribution >= 4 is 5.97 Å². The molecular weight excluding hydrogens is 520 g/mol. The van der Waals surface area contributed by atoms with Gasteiger partial charge in [-0.3, -0.25) is 4.79 Å². The molecule has 0 heterocycles. The highest BCUT2D eigenvalue weighted by Gasteiger charge is 2.13. The van der Waals surface area contributed by atoms with Crippen molar-refractivity contribution in [3.63, 3.8) is 0 Å². The third-order valence-corrected chi connectivity index (χ3v) is 8.68. The van der Waals surface area contributed by atoms with Gasteiger partial charge in [-0.1, -0.05) is 194 Å². The number of ether oxygens (including phenoxy) is 2. The highest BCUT2D eigenvalue weighted by atomic mass is 16.6. The molecule has 1 unspecified atom stereocenters. The molecule has 252 valence electrons. The number of aliphatic hydroxyl groups excluding tert-OH is 1. The first kappa shape index (κ1) is 41.4. The number of unbranched alkanes of at least 4 members (excludes halogenated alkanes) is 28. The van der Waals surface area contributed by atoms with Crippen LogP contribution in [0.4, 0.5) is 0 Å². The predicted molar refractivity (Wildman–Crippen MR) is 182 cm³/mol. The molecule has 0 radical (unpaired) electrons. The minimum Gasteiger partial charge on any atom is -0.457 e. The van der Waals surface area contributed by atoms with Crippen LogP contribution in [0.1, 0.15) is 213 Å². The molecule has 0 rings (SSSR count). The Labute approximate surface area is 263 Å². The van der Waals surface area contributed by atoms with Crippen LogP contribution in [0.3, 0.4) is 0 Å². The number of carbonyl (C=O) groups is 1. The molecule has 0 fully saturated rings. The number of aliphatic hydroxyl groups is 1. The molecule has 0 spiro atoms. The van der Waals surface area contributed by atoms with Gasteiger partial charge in [0.05, 0.1) is 13.2 Å². The van der Waals surface area contributed by atoms with Gasteiger partial charge in [-0.25, -0.2) is 0 Å². The van der Waals surface area contributed by atoms with E-state index in [0.717, 1.165) is 19.3 Å². The molecule has 0 bridgehead atoms. The summed E-state index contributed by atoms with van der Waals surface area (Å²) in [5.74, 6) is -0.209. The van der Waals surface area contributed by atoms with Gasteiger partial charge in [-0.05, 0) is 12.8 Å². The summed E-state index contributed by atoms with van der Waals surface area (Å²) in [6.07, 6.45) is 40.5. The topological polar surface area (TPSA) is 55.8 Å². The molecule has 4 heteroatoms. The van der Waals surface area contributed by atoms with Crippen LogP contribution in [0.15, 0.2) is 0 Å². The molecule has 1 atom stereocenters. The maximum absolute atomic E-state index is 11.9. The van der Waals surface area contributed by atoms with E-state index in [9.17, 15) is 9.90 Å². The zero-order valence-corrected chi connectivity index (χ0v) is 28.8. The molecule has 0 saturated carbocycles. The third-order valence-electron chi connectivity index (χ3n) is 8.68. The van der Waals surface area contributed by atoms with E-state index >= 15 is 0 Å². The summed E-state index contributed by atoms with van der Waals surface area (Å²) < 4.78 is 11.0. The van der Waals surface area contributed by atoms with Crippen LogP contribution in [0.25, 0.3) is 0 Å². The van der Waals surface area contributed by atoms with E-state index in [1.807, 2.05) is 0 Å². The van der Waals surface area contributed by atoms with E-state index in [1.54, 1.807) is 0 Å². The van der Waals surface area contributed by atoms with Crippen LogP contribution in [-0.4, -0.2) is 37.0 Å². The average molecular weight is 597 g/mol. The predicted octanol–water partition coefficient (Wildman–Crippen LogP) is 12.0. The van der Waals surface area contributed by atoms with Crippen molar-refractivity contribution < 1.29 is 19.4 Å². The first-order valence-electron chi connectivity index (χ1n) is 19.1. The Morgan fingerprint density at radius 1 is 0.476 bits per heavy atom. The van der Waals surface area contributed by atoms with Gasteiger partial charge >= 0.3 is 5.97 Å². The van der Waals surface area contributed by atoms with Crippen LogP contribution >= 0.6 is 0 Å². The Hall–Kier alpha value is -0.610. The van der Waals surface area contributed by atoms with Gasteiger partial charge in [0.2, 0.25) is 0 Å². The summed E-state index contributed by atoms with van der Waals surface area (Å²) in [7, 11) is 0. The second-order valence-electron chi connectivity index (χ2n) is 13.0. The number of hydrogen-bond donors (Lipinski definition) is 1. The molecule has 1 N–H and O–H groups in total. The molecule has 0 aliphatic carbocycles. The number of hydrogen-bond acceptors (Lipinski definition) is 4. The quantitative estimate of drug-likeness (QED) is 0.0577. The molecular formula is C38H76O4. The Kier molecular flexibility index (Phi) is 36.0. The van der Waals surface area contributed by atoms with Gasteiger partial charge in [0.1, 0.15) is 6.10 Å². The highest BCUT2D eigenvalue weighted by Crippen LogP contribution is 2.16. The van der Waals surface area contributed by atoms with Crippen molar-refractivity contribution in [2.75, 3.05) is 19.8 Å². The van der Waals surface area contributed by atoms with Crippen molar-refractivity contribution in [3.8, 4) is 0 Å². The lowest BCUT2D eigenvalue weighted by Gasteiger charge is -2.15. The van der Waals surface area contributed by atoms with Crippen molar-refractivity contribution in [1.82, 2.24) is 0 Å². The van der Waals surface area contributed by atoms with Crippen molar-refractivity contribution in [1.29, 1.82) is 0 Å². The zero-order valence-electron chi connectivity index (χ0n) is 28.8. The Balaban J connectivity index is 3.24. The fourth-order valence-corrected chi connectivity index (χ4v) is 5.80. The molecule has 0 aromatic rings. The Bertz CT molecular complexity index is 509. The standard InChI is InChI=1S/C38H76O4/c1-3-5-7-9-10-11-12-13-14-15-16-17-18-19-20-21-22-23-24-25-26-27-28-30-32-34-41-36-37(35-39)42-38(40)33-31-29-8-6-4-2/h37,39H,3-36H2,1-2H3. The maximum atomic E-state index is 11.9. The third kappa shape index (κ3) is 33.9. The summed E-state index contributed by atoms with van der Waals surface area (Å²) in [6, 6.07) is 0. The van der Waals surface area contributed by atoms with Crippen LogP contribution < -0.4 is 0 Å². The van der Waals surface area contributed by atoms with E-state index in [-0.39, 0.29) is 12.6 Å². The first-order chi connectivity index (χ1) is 20.7. The van der Waals surface area contributed by atoms with Crippen molar-refractivity contribution in [2.45, 2.75) is 219 Å². The molecule has 0 aliphatic rings. The Morgan fingerprint density at radius 2 is 0.786 bits per heavy atom. The lowest BCUT2D eigenvalue weighted by atomic mass is 10.0. The van der Waals surface area contributed by atoms with Crippen LogP contribution in [0.5, 0.6) is 0 Å². The average Bonchev–Trinajstić information content (AvgIpc) is 3.00. The van der Waals surface area contributed by atoms with E-state index in [1.165, 1.54) is 173 Å². The van der Waals surface area contributed by atoms with E-state index < -0.39 is 6.10 Å². The fraction of sp³-hybridized carbons (Fsp3) is 0.974. The summed E-state index contributed by atoms with van der Waals surface area (Å²) in [4.78, 5) is 11.9. The number of esters is 1. The number of carbonyl (C=O) groups excluding carboxylic acids is 1. The van der Waals surface area contributed by atoms with Gasteiger partial charge in [0.25, 0.3) is 0 Å². The minimum atomic E-state index is -0.521. The van der Waals surface area contributed by atoms with Crippen molar-refractivity contribution in [2.24, 2.45) is 0 Å². The molecule has 0 saturated heterocycles. The molecule has 4 nitrogen and oxygen atoms in total. The van der Waals surface area contributed by atoms with Gasteiger partial charge in [0, 0.05) is 13.0 Å². The van der Waals surface area contributed by atoms with Crippen LogP contribution in [-0.2, 0) is 14.3 Å². The summed E-state index contributed by atoms with van der Waals surface area (Å²) in [5.41, 5.74) is 0. The lowest BCUT2D eigenvalue weighted by Crippen LogP contribution is -2.27. The maximum Gasteiger partial charge on any atom is 0.306 e. The van der Waals surface area contributed by atoms with Crippen LogP contribution in [0, 0.1) is 0 Å². The summed E-state index contributed by atoms with van der Waals surface area (Å²) in [5, 5.41) is 9.46. The minimum absolute atomic E-state index is 0.166. The highest BCUT2D eigenvalue weighted by molar-refractivity contribution is 5.69. The molecule has 0 aromatic carbocycles. The van der Waals surface area contributed by atoms with Gasteiger partial charge < -0.3 is 14.6 Å².